The van der Waals surface area contributed by atoms with Gasteiger partial charge in [0.2, 0.25) is 5.91 Å². The lowest BCUT2D eigenvalue weighted by Crippen LogP contribution is -2.33. The molecule has 0 unspecified atom stereocenters. The fourth-order valence-electron chi connectivity index (χ4n) is 1.87. The number of rotatable bonds is 4. The first-order chi connectivity index (χ1) is 8.85. The molecule has 102 valence electrons. The number of carbonyl (C=O) groups excluding carboxylic acids is 1. The second-order valence-electron chi connectivity index (χ2n) is 5.60. The molecule has 0 atom stereocenters. The van der Waals surface area contributed by atoms with Crippen molar-refractivity contribution in [2.75, 3.05) is 5.32 Å². The van der Waals surface area contributed by atoms with Crippen LogP contribution in [0.1, 0.15) is 26.7 Å². The van der Waals surface area contributed by atoms with Gasteiger partial charge in [-0.2, -0.15) is 0 Å². The highest BCUT2D eigenvalue weighted by Crippen LogP contribution is 2.18. The van der Waals surface area contributed by atoms with Gasteiger partial charge in [-0.25, -0.2) is 4.98 Å². The van der Waals surface area contributed by atoms with E-state index in [0.29, 0.717) is 12.8 Å². The number of anilines is 1. The van der Waals surface area contributed by atoms with Gasteiger partial charge in [0, 0.05) is 24.7 Å². The normalized spacial score (nSPS) is 11.8. The Morgan fingerprint density at radius 1 is 1.47 bits per heavy atom. The summed E-state index contributed by atoms with van der Waals surface area (Å²) in [5.41, 5.74) is 8.23. The summed E-state index contributed by atoms with van der Waals surface area (Å²) in [6.07, 6.45) is 2.83. The van der Waals surface area contributed by atoms with Gasteiger partial charge in [0.1, 0.15) is 0 Å². The van der Waals surface area contributed by atoms with Crippen molar-refractivity contribution in [3.63, 3.8) is 0 Å². The van der Waals surface area contributed by atoms with E-state index in [1.165, 1.54) is 0 Å². The molecule has 2 rings (SSSR count). The van der Waals surface area contributed by atoms with Crippen LogP contribution in [0.15, 0.2) is 24.5 Å². The van der Waals surface area contributed by atoms with E-state index in [9.17, 15) is 4.79 Å². The average Bonchev–Trinajstić information content (AvgIpc) is 2.67. The highest BCUT2D eigenvalue weighted by atomic mass is 16.1. The monoisotopic (exact) mass is 260 g/mol. The third-order valence-electron chi connectivity index (χ3n) is 3.01. The molecule has 3 N–H and O–H groups in total. The molecule has 0 radical (unpaired) electrons. The van der Waals surface area contributed by atoms with Gasteiger partial charge < -0.3 is 15.6 Å². The highest BCUT2D eigenvalue weighted by Gasteiger charge is 2.13. The predicted molar refractivity (Wildman–Crippen MR) is 76.8 cm³/mol. The number of benzene rings is 1. The molecule has 19 heavy (non-hydrogen) atoms. The highest BCUT2D eigenvalue weighted by molar-refractivity contribution is 5.93. The topological polar surface area (TPSA) is 72.9 Å². The van der Waals surface area contributed by atoms with Crippen molar-refractivity contribution >= 4 is 22.6 Å². The molecule has 0 saturated heterocycles. The summed E-state index contributed by atoms with van der Waals surface area (Å²) in [6, 6.07) is 5.71. The fourth-order valence-corrected chi connectivity index (χ4v) is 1.87. The van der Waals surface area contributed by atoms with Gasteiger partial charge in [0.15, 0.2) is 0 Å². The van der Waals surface area contributed by atoms with Crippen molar-refractivity contribution in [1.82, 2.24) is 9.55 Å². The summed E-state index contributed by atoms with van der Waals surface area (Å²) in [6.45, 7) is 3.83. The Bertz CT molecular complexity index is 595. The quantitative estimate of drug-likeness (QED) is 0.883. The van der Waals surface area contributed by atoms with Crippen LogP contribution in [0.3, 0.4) is 0 Å². The molecule has 1 aromatic heterocycles. The Hall–Kier alpha value is -1.88. The van der Waals surface area contributed by atoms with Crippen molar-refractivity contribution in [3.05, 3.63) is 24.5 Å². The molecular formula is C14H20N4O. The van der Waals surface area contributed by atoms with E-state index in [1.807, 2.05) is 43.7 Å². The lowest BCUT2D eigenvalue weighted by molar-refractivity contribution is -0.116. The minimum absolute atomic E-state index is 0.0196. The summed E-state index contributed by atoms with van der Waals surface area (Å²) >= 11 is 0. The number of carbonyl (C=O) groups is 1. The summed E-state index contributed by atoms with van der Waals surface area (Å²) in [7, 11) is 1.94. The number of amides is 1. The summed E-state index contributed by atoms with van der Waals surface area (Å²) < 4.78 is 1.94. The second kappa shape index (κ2) is 5.01. The van der Waals surface area contributed by atoms with Crippen molar-refractivity contribution < 1.29 is 4.79 Å². The van der Waals surface area contributed by atoms with Crippen molar-refractivity contribution in [3.8, 4) is 0 Å². The van der Waals surface area contributed by atoms with Gasteiger partial charge in [0.25, 0.3) is 0 Å². The van der Waals surface area contributed by atoms with Crippen LogP contribution in [0.25, 0.3) is 11.0 Å². The summed E-state index contributed by atoms with van der Waals surface area (Å²) in [5.74, 6) is -0.0196. The first-order valence-electron chi connectivity index (χ1n) is 6.35. The molecule has 1 aromatic carbocycles. The smallest absolute Gasteiger partial charge is 0.224 e. The number of nitrogens with two attached hydrogens (primary N) is 1. The number of nitrogens with one attached hydrogen (secondary N) is 1. The largest absolute Gasteiger partial charge is 0.334 e. The molecule has 0 fully saturated rings. The minimum Gasteiger partial charge on any atom is -0.334 e. The Morgan fingerprint density at radius 3 is 2.89 bits per heavy atom. The van der Waals surface area contributed by atoms with Crippen LogP contribution in [0, 0.1) is 0 Å². The number of aryl methyl sites for hydroxylation is 1. The van der Waals surface area contributed by atoms with E-state index in [1.54, 1.807) is 6.33 Å². The molecule has 1 amide bonds. The number of hydrogen-bond acceptors (Lipinski definition) is 3. The van der Waals surface area contributed by atoms with E-state index in [4.69, 9.17) is 5.73 Å². The maximum Gasteiger partial charge on any atom is 0.224 e. The molecule has 2 aromatic rings. The Morgan fingerprint density at radius 2 is 2.21 bits per heavy atom. The Kier molecular flexibility index (Phi) is 3.57. The summed E-state index contributed by atoms with van der Waals surface area (Å²) in [5, 5.41) is 2.87. The molecule has 0 spiro atoms. The number of fused-ring (bicyclic) bond motifs is 1. The van der Waals surface area contributed by atoms with Gasteiger partial charge >= 0.3 is 0 Å². The van der Waals surface area contributed by atoms with Crippen LogP contribution in [0.5, 0.6) is 0 Å². The van der Waals surface area contributed by atoms with Crippen LogP contribution in [-0.2, 0) is 11.8 Å². The van der Waals surface area contributed by atoms with Crippen LogP contribution in [-0.4, -0.2) is 21.0 Å². The number of hydrogen-bond donors (Lipinski definition) is 2. The van der Waals surface area contributed by atoms with E-state index >= 15 is 0 Å². The predicted octanol–water partition coefficient (Wildman–Crippen LogP) is 2.03. The van der Waals surface area contributed by atoms with Crippen LogP contribution in [0.2, 0.25) is 0 Å². The van der Waals surface area contributed by atoms with E-state index in [0.717, 1.165) is 16.7 Å². The molecule has 5 heteroatoms. The van der Waals surface area contributed by atoms with Gasteiger partial charge in [-0.05, 0) is 38.5 Å². The second-order valence-corrected chi connectivity index (χ2v) is 5.60. The zero-order chi connectivity index (χ0) is 14.0. The molecule has 0 aliphatic carbocycles. The van der Waals surface area contributed by atoms with Crippen LogP contribution in [0.4, 0.5) is 5.69 Å². The van der Waals surface area contributed by atoms with E-state index < -0.39 is 0 Å². The van der Waals surface area contributed by atoms with Gasteiger partial charge in [-0.1, -0.05) is 0 Å². The Labute approximate surface area is 112 Å². The Balaban J connectivity index is 2.03. The van der Waals surface area contributed by atoms with Gasteiger partial charge in [-0.3, -0.25) is 4.79 Å². The lowest BCUT2D eigenvalue weighted by Gasteiger charge is -2.17. The maximum atomic E-state index is 11.8. The third kappa shape index (κ3) is 3.54. The van der Waals surface area contributed by atoms with Crippen LogP contribution < -0.4 is 11.1 Å². The zero-order valence-electron chi connectivity index (χ0n) is 11.6. The molecule has 0 aliphatic heterocycles. The van der Waals surface area contributed by atoms with Crippen molar-refractivity contribution in [1.29, 1.82) is 0 Å². The molecular weight excluding hydrogens is 240 g/mol. The molecule has 0 aliphatic rings. The zero-order valence-corrected chi connectivity index (χ0v) is 11.6. The third-order valence-corrected chi connectivity index (χ3v) is 3.01. The fraction of sp³-hybridized carbons (Fsp3) is 0.429. The van der Waals surface area contributed by atoms with Crippen molar-refractivity contribution in [2.24, 2.45) is 12.8 Å². The van der Waals surface area contributed by atoms with E-state index in [2.05, 4.69) is 10.3 Å². The first-order valence-corrected chi connectivity index (χ1v) is 6.35. The molecule has 5 nitrogen and oxygen atoms in total. The van der Waals surface area contributed by atoms with Crippen molar-refractivity contribution in [2.45, 2.75) is 32.2 Å². The standard InChI is InChI=1S/C14H20N4O/c1-14(2,15)7-6-13(19)17-10-4-5-12-11(8-10)16-9-18(12)3/h4-5,8-9H,6-7,15H2,1-3H3,(H,17,19). The van der Waals surface area contributed by atoms with Gasteiger partial charge in [-0.15, -0.1) is 0 Å². The SMILES string of the molecule is Cn1cnc2cc(NC(=O)CCC(C)(C)N)ccc21. The number of aromatic nitrogens is 2. The first kappa shape index (κ1) is 13.5. The number of imidazole rings is 1. The van der Waals surface area contributed by atoms with E-state index in [-0.39, 0.29) is 11.4 Å². The molecule has 0 bridgehead atoms. The summed E-state index contributed by atoms with van der Waals surface area (Å²) in [4.78, 5) is 16.1. The van der Waals surface area contributed by atoms with Gasteiger partial charge in [0.05, 0.1) is 17.4 Å². The minimum atomic E-state index is -0.317. The number of nitrogens with zero attached hydrogens (tertiary/aromatic N) is 2. The molecule has 0 saturated carbocycles. The molecule has 1 heterocycles. The average molecular weight is 260 g/mol. The maximum absolute atomic E-state index is 11.8. The lowest BCUT2D eigenvalue weighted by atomic mass is 10.00. The van der Waals surface area contributed by atoms with Crippen LogP contribution >= 0.6 is 0 Å².